The van der Waals surface area contributed by atoms with Crippen molar-refractivity contribution in [2.45, 2.75) is 19.4 Å². The van der Waals surface area contributed by atoms with Crippen LogP contribution in [0.4, 0.5) is 0 Å². The van der Waals surface area contributed by atoms with Crippen LogP contribution in [0.2, 0.25) is 10.2 Å². The van der Waals surface area contributed by atoms with Crippen LogP contribution in [0, 0.1) is 6.92 Å². The molecule has 0 spiro atoms. The van der Waals surface area contributed by atoms with Crippen molar-refractivity contribution in [1.29, 1.82) is 0 Å². The first-order chi connectivity index (χ1) is 16.4. The van der Waals surface area contributed by atoms with Crippen LogP contribution >= 0.6 is 23.2 Å². The maximum Gasteiger partial charge on any atom is 0.276 e. The van der Waals surface area contributed by atoms with Crippen molar-refractivity contribution in [2.75, 3.05) is 7.11 Å². The molecule has 7 heteroatoms. The summed E-state index contributed by atoms with van der Waals surface area (Å²) in [5.74, 6) is 0.411. The van der Waals surface area contributed by atoms with E-state index in [0.717, 1.165) is 33.3 Å². The summed E-state index contributed by atoms with van der Waals surface area (Å²) in [6.07, 6.45) is 0.502. The van der Waals surface area contributed by atoms with Gasteiger partial charge in [0.05, 0.1) is 35.0 Å². The summed E-state index contributed by atoms with van der Waals surface area (Å²) in [7, 11) is 1.61. The Morgan fingerprint density at radius 2 is 1.79 bits per heavy atom. The van der Waals surface area contributed by atoms with Crippen LogP contribution in [0.3, 0.4) is 0 Å². The van der Waals surface area contributed by atoms with Crippen LogP contribution in [-0.4, -0.2) is 28.7 Å². The molecule has 34 heavy (non-hydrogen) atoms. The number of benzene rings is 3. The number of ether oxygens (including phenoxy) is 1. The molecule has 0 bridgehead atoms. The average Bonchev–Trinajstić information content (AvgIpc) is 3.28. The van der Waals surface area contributed by atoms with Gasteiger partial charge in [-0.25, -0.2) is 9.99 Å². The van der Waals surface area contributed by atoms with E-state index in [4.69, 9.17) is 33.0 Å². The molecule has 1 atom stereocenters. The van der Waals surface area contributed by atoms with Crippen molar-refractivity contribution < 1.29 is 9.53 Å². The third-order valence-electron chi connectivity index (χ3n) is 5.97. The Morgan fingerprint density at radius 1 is 1.03 bits per heavy atom. The Balaban J connectivity index is 1.61. The fourth-order valence-electron chi connectivity index (χ4n) is 4.12. The molecular formula is C27H21Cl2N3O2. The normalized spacial score (nSPS) is 15.5. The number of methoxy groups -OCH3 is 1. The summed E-state index contributed by atoms with van der Waals surface area (Å²) in [4.78, 5) is 18.2. The predicted molar refractivity (Wildman–Crippen MR) is 136 cm³/mol. The van der Waals surface area contributed by atoms with Crippen LogP contribution in [0.1, 0.15) is 39.5 Å². The Morgan fingerprint density at radius 3 is 2.53 bits per heavy atom. The molecular weight excluding hydrogens is 469 g/mol. The lowest BCUT2D eigenvalue weighted by Gasteiger charge is -2.23. The number of aromatic nitrogens is 1. The highest BCUT2D eigenvalue weighted by Crippen LogP contribution is 2.39. The van der Waals surface area contributed by atoms with E-state index in [1.165, 1.54) is 5.01 Å². The number of halogens is 2. The average molecular weight is 490 g/mol. The number of fused-ring (bicyclic) bond motifs is 1. The molecule has 0 radical (unpaired) electrons. The molecule has 1 aliphatic rings. The molecule has 5 nitrogen and oxygen atoms in total. The number of hydrazone groups is 1. The number of carbonyl (C=O) groups is 1. The highest BCUT2D eigenvalue weighted by Gasteiger charge is 2.36. The standard InChI is InChI=1S/C27H21Cl2N3O2/c1-16-7-9-17(10-8-16)24-15-25(32(31-24)27(33)20-5-3-4-6-22(20)28)21-13-18-11-12-19(34-2)14-23(18)30-26(21)29/h3-14,25H,15H2,1-2H3/t25-/m0/s1. The van der Waals surface area contributed by atoms with Crippen molar-refractivity contribution in [2.24, 2.45) is 5.10 Å². The van der Waals surface area contributed by atoms with Crippen LogP contribution < -0.4 is 4.74 Å². The molecule has 0 aliphatic carbocycles. The largest absolute Gasteiger partial charge is 0.497 e. The van der Waals surface area contributed by atoms with Gasteiger partial charge in [-0.3, -0.25) is 4.79 Å². The Hall–Kier alpha value is -3.41. The number of rotatable bonds is 4. The van der Waals surface area contributed by atoms with E-state index in [1.807, 2.05) is 55.5 Å². The van der Waals surface area contributed by atoms with Crippen molar-refractivity contribution >= 4 is 45.7 Å². The van der Waals surface area contributed by atoms with Gasteiger partial charge in [0, 0.05) is 23.4 Å². The van der Waals surface area contributed by atoms with Crippen LogP contribution in [0.25, 0.3) is 10.9 Å². The number of hydrogen-bond acceptors (Lipinski definition) is 4. The van der Waals surface area contributed by atoms with E-state index in [-0.39, 0.29) is 5.91 Å². The number of aryl methyl sites for hydroxylation is 1. The summed E-state index contributed by atoms with van der Waals surface area (Å²) < 4.78 is 5.31. The van der Waals surface area contributed by atoms with Gasteiger partial charge >= 0.3 is 0 Å². The van der Waals surface area contributed by atoms with Crippen molar-refractivity contribution in [3.8, 4) is 5.75 Å². The summed E-state index contributed by atoms with van der Waals surface area (Å²) in [6, 6.07) is 22.2. The fraction of sp³-hybridized carbons (Fsp3) is 0.148. The fourth-order valence-corrected chi connectivity index (χ4v) is 4.61. The maximum absolute atomic E-state index is 13.6. The van der Waals surface area contributed by atoms with Gasteiger partial charge in [0.25, 0.3) is 5.91 Å². The van der Waals surface area contributed by atoms with E-state index in [0.29, 0.717) is 27.9 Å². The molecule has 4 aromatic rings. The minimum Gasteiger partial charge on any atom is -0.497 e. The van der Waals surface area contributed by atoms with Crippen molar-refractivity contribution in [3.05, 3.63) is 105 Å². The highest BCUT2D eigenvalue weighted by atomic mass is 35.5. The van der Waals surface area contributed by atoms with Crippen LogP contribution in [-0.2, 0) is 0 Å². The zero-order chi connectivity index (χ0) is 23.8. The number of carbonyl (C=O) groups excluding carboxylic acids is 1. The van der Waals surface area contributed by atoms with Crippen LogP contribution in [0.15, 0.2) is 77.9 Å². The van der Waals surface area contributed by atoms with Gasteiger partial charge in [-0.2, -0.15) is 5.10 Å². The first kappa shape index (κ1) is 22.4. The zero-order valence-electron chi connectivity index (χ0n) is 18.6. The number of hydrogen-bond donors (Lipinski definition) is 0. The van der Waals surface area contributed by atoms with E-state index in [9.17, 15) is 4.79 Å². The summed E-state index contributed by atoms with van der Waals surface area (Å²) >= 11 is 13.0. The third-order valence-corrected chi connectivity index (χ3v) is 6.60. The second-order valence-electron chi connectivity index (χ2n) is 8.19. The van der Waals surface area contributed by atoms with Gasteiger partial charge < -0.3 is 4.74 Å². The molecule has 0 N–H and O–H groups in total. The molecule has 5 rings (SSSR count). The molecule has 2 heterocycles. The summed E-state index contributed by atoms with van der Waals surface area (Å²) in [5.41, 5.74) is 4.74. The van der Waals surface area contributed by atoms with Gasteiger partial charge in [-0.15, -0.1) is 0 Å². The minimum absolute atomic E-state index is 0.288. The lowest BCUT2D eigenvalue weighted by atomic mass is 9.97. The smallest absolute Gasteiger partial charge is 0.276 e. The first-order valence-electron chi connectivity index (χ1n) is 10.8. The molecule has 1 aliphatic heterocycles. The third kappa shape index (κ3) is 4.13. The van der Waals surface area contributed by atoms with E-state index < -0.39 is 6.04 Å². The van der Waals surface area contributed by atoms with E-state index >= 15 is 0 Å². The maximum atomic E-state index is 13.6. The van der Waals surface area contributed by atoms with Crippen LogP contribution in [0.5, 0.6) is 5.75 Å². The van der Waals surface area contributed by atoms with E-state index in [2.05, 4.69) is 4.98 Å². The quantitative estimate of drug-likeness (QED) is 0.294. The van der Waals surface area contributed by atoms with E-state index in [1.54, 1.807) is 31.4 Å². The van der Waals surface area contributed by atoms with Gasteiger partial charge in [-0.05, 0) is 42.8 Å². The Bertz CT molecular complexity index is 1430. The molecule has 0 unspecified atom stereocenters. The minimum atomic E-state index is -0.424. The highest BCUT2D eigenvalue weighted by molar-refractivity contribution is 6.34. The molecule has 170 valence electrons. The van der Waals surface area contributed by atoms with Gasteiger partial charge in [0.2, 0.25) is 0 Å². The van der Waals surface area contributed by atoms with Gasteiger partial charge in [-0.1, -0.05) is 65.2 Å². The predicted octanol–water partition coefficient (Wildman–Crippen LogP) is 6.85. The Labute approximate surface area is 207 Å². The lowest BCUT2D eigenvalue weighted by Crippen LogP contribution is -2.27. The summed E-state index contributed by atoms with van der Waals surface area (Å²) in [5, 5.41) is 7.82. The summed E-state index contributed by atoms with van der Waals surface area (Å²) in [6.45, 7) is 2.03. The molecule has 3 aromatic carbocycles. The second-order valence-corrected chi connectivity index (χ2v) is 8.95. The lowest BCUT2D eigenvalue weighted by molar-refractivity contribution is 0.0711. The van der Waals surface area contributed by atoms with Crippen molar-refractivity contribution in [3.63, 3.8) is 0 Å². The molecule has 1 amide bonds. The van der Waals surface area contributed by atoms with Gasteiger partial charge in [0.1, 0.15) is 10.9 Å². The number of nitrogens with zero attached hydrogens (tertiary/aromatic N) is 3. The molecule has 0 saturated heterocycles. The first-order valence-corrected chi connectivity index (χ1v) is 11.6. The second kappa shape index (κ2) is 9.09. The topological polar surface area (TPSA) is 54.8 Å². The Kier molecular flexibility index (Phi) is 5.98. The van der Waals surface area contributed by atoms with Crippen molar-refractivity contribution in [1.82, 2.24) is 9.99 Å². The number of pyridine rings is 1. The monoisotopic (exact) mass is 489 g/mol. The van der Waals surface area contributed by atoms with Gasteiger partial charge in [0.15, 0.2) is 0 Å². The molecule has 0 saturated carbocycles. The number of amides is 1. The zero-order valence-corrected chi connectivity index (χ0v) is 20.1. The SMILES string of the molecule is COc1ccc2cc([C@@H]3CC(c4ccc(C)cc4)=NN3C(=O)c3ccccc3Cl)c(Cl)nc2c1. The molecule has 0 fully saturated rings. The molecule has 1 aromatic heterocycles.